The topological polar surface area (TPSA) is 61.4 Å². The van der Waals surface area contributed by atoms with Gasteiger partial charge in [-0.25, -0.2) is 4.98 Å². The molecule has 0 bridgehead atoms. The van der Waals surface area contributed by atoms with Crippen LogP contribution in [-0.2, 0) is 0 Å². The van der Waals surface area contributed by atoms with Gasteiger partial charge in [0.05, 0.1) is 27.8 Å². The van der Waals surface area contributed by atoms with Crippen molar-refractivity contribution in [2.75, 3.05) is 0 Å². The highest BCUT2D eigenvalue weighted by molar-refractivity contribution is 7.18. The smallest absolute Gasteiger partial charge is 0.150 e. The zero-order chi connectivity index (χ0) is 32.3. The number of aromatic nitrogens is 6. The molecule has 0 radical (unpaired) electrons. The lowest BCUT2D eigenvalue weighted by molar-refractivity contribution is 1.08. The Morgan fingerprint density at radius 2 is 1.20 bits per heavy atom. The van der Waals surface area contributed by atoms with Crippen LogP contribution in [0.2, 0.25) is 0 Å². The van der Waals surface area contributed by atoms with Gasteiger partial charge in [0, 0.05) is 56.3 Å². The third-order valence-electron chi connectivity index (χ3n) is 9.20. The van der Waals surface area contributed by atoms with Crippen molar-refractivity contribution in [2.24, 2.45) is 0 Å². The maximum Gasteiger partial charge on any atom is 0.150 e. The normalized spacial score (nSPS) is 11.7. The van der Waals surface area contributed by atoms with Gasteiger partial charge in [0.1, 0.15) is 15.8 Å². The average Bonchev–Trinajstić information content (AvgIpc) is 3.89. The summed E-state index contributed by atoms with van der Waals surface area (Å²) >= 11 is 1.62. The van der Waals surface area contributed by atoms with Crippen LogP contribution in [-0.4, -0.2) is 29.3 Å². The molecule has 230 valence electrons. The number of rotatable bonds is 5. The molecule has 0 spiro atoms. The van der Waals surface area contributed by atoms with E-state index in [9.17, 15) is 0 Å². The lowest BCUT2D eigenvalue weighted by Crippen LogP contribution is -1.98. The molecule has 10 rings (SSSR count). The third kappa shape index (κ3) is 4.40. The van der Waals surface area contributed by atoms with Crippen LogP contribution in [0.5, 0.6) is 0 Å². The van der Waals surface area contributed by atoms with Gasteiger partial charge in [0.2, 0.25) is 0 Å². The molecule has 0 aliphatic heterocycles. The van der Waals surface area contributed by atoms with Crippen LogP contribution in [0.4, 0.5) is 0 Å². The van der Waals surface area contributed by atoms with Crippen molar-refractivity contribution in [3.05, 3.63) is 158 Å². The lowest BCUT2D eigenvalue weighted by atomic mass is 10.1. The fraction of sp³-hybridized carbons (Fsp3) is 0. The van der Waals surface area contributed by atoms with Crippen molar-refractivity contribution in [3.63, 3.8) is 0 Å². The largest absolute Gasteiger partial charge is 0.309 e. The van der Waals surface area contributed by atoms with E-state index in [-0.39, 0.29) is 0 Å². The van der Waals surface area contributed by atoms with E-state index < -0.39 is 0 Å². The van der Waals surface area contributed by atoms with Crippen LogP contribution >= 0.6 is 11.3 Å². The summed E-state index contributed by atoms with van der Waals surface area (Å²) in [5.41, 5.74) is 9.58. The Kier molecular flexibility index (Phi) is 6.25. The Morgan fingerprint density at radius 3 is 2.04 bits per heavy atom. The molecule has 5 aromatic carbocycles. The number of nitrogens with zero attached hydrogens (tertiary/aromatic N) is 6. The first-order valence-electron chi connectivity index (χ1n) is 16.1. The monoisotopic (exact) mass is 646 g/mol. The molecule has 5 heterocycles. The average molecular weight is 647 g/mol. The molecule has 5 aromatic heterocycles. The van der Waals surface area contributed by atoms with Crippen LogP contribution < -0.4 is 0 Å². The Labute approximate surface area is 285 Å². The highest BCUT2D eigenvalue weighted by atomic mass is 32.1. The maximum absolute atomic E-state index is 5.07. The Bertz CT molecular complexity index is 2830. The van der Waals surface area contributed by atoms with E-state index >= 15 is 0 Å². The molecule has 0 atom stereocenters. The summed E-state index contributed by atoms with van der Waals surface area (Å²) in [5, 5.41) is 16.0. The van der Waals surface area contributed by atoms with Crippen molar-refractivity contribution in [3.8, 4) is 43.9 Å². The maximum atomic E-state index is 5.07. The summed E-state index contributed by atoms with van der Waals surface area (Å²) in [6.07, 6.45) is 3.63. The quantitative estimate of drug-likeness (QED) is 0.187. The van der Waals surface area contributed by atoms with E-state index in [1.807, 2.05) is 24.4 Å². The van der Waals surface area contributed by atoms with Crippen molar-refractivity contribution in [1.82, 2.24) is 29.3 Å². The van der Waals surface area contributed by atoms with E-state index in [0.717, 1.165) is 71.2 Å². The molecule has 7 heteroatoms. The predicted molar refractivity (Wildman–Crippen MR) is 200 cm³/mol. The minimum atomic E-state index is 0.861. The molecular weight excluding hydrogens is 621 g/mol. The lowest BCUT2D eigenvalue weighted by Gasteiger charge is -2.09. The summed E-state index contributed by atoms with van der Waals surface area (Å²) in [6.45, 7) is 0. The van der Waals surface area contributed by atoms with Crippen molar-refractivity contribution < 1.29 is 0 Å². The molecule has 0 aliphatic carbocycles. The van der Waals surface area contributed by atoms with Crippen LogP contribution in [0.1, 0.15) is 0 Å². The summed E-state index contributed by atoms with van der Waals surface area (Å²) in [5.74, 6) is 0.861. The first kappa shape index (κ1) is 27.7. The van der Waals surface area contributed by atoms with Crippen molar-refractivity contribution in [1.29, 1.82) is 0 Å². The Hall–Kier alpha value is -6.44. The Balaban J connectivity index is 1.12. The van der Waals surface area contributed by atoms with E-state index in [0.29, 0.717) is 0 Å². The van der Waals surface area contributed by atoms with Gasteiger partial charge in [-0.2, -0.15) is 0 Å². The van der Waals surface area contributed by atoms with Gasteiger partial charge in [-0.05, 0) is 72.8 Å². The second-order valence-corrected chi connectivity index (χ2v) is 13.0. The van der Waals surface area contributed by atoms with E-state index in [1.165, 1.54) is 16.3 Å². The predicted octanol–water partition coefficient (Wildman–Crippen LogP) is 10.5. The Morgan fingerprint density at radius 1 is 0.490 bits per heavy atom. The van der Waals surface area contributed by atoms with Gasteiger partial charge < -0.3 is 4.57 Å². The number of benzene rings is 5. The van der Waals surface area contributed by atoms with Crippen LogP contribution in [0.15, 0.2) is 158 Å². The fourth-order valence-corrected chi connectivity index (χ4v) is 7.93. The molecule has 0 fully saturated rings. The molecular formula is C42H26N6S. The van der Waals surface area contributed by atoms with Gasteiger partial charge >= 0.3 is 0 Å². The molecule has 49 heavy (non-hydrogen) atoms. The molecule has 0 unspecified atom stereocenters. The summed E-state index contributed by atoms with van der Waals surface area (Å²) < 4.78 is 4.59. The fourth-order valence-electron chi connectivity index (χ4n) is 7.06. The number of para-hydroxylation sites is 4. The standard InChI is InChI=1S/C42H26N6S/c1-2-12-29(13-3-1)47-36-19-6-4-14-30(36)32-16-8-17-33(40(32)47)42-46-45-41(49-42)27-22-23-38-34(25-27)31-15-5-7-20-37(31)48(38)39-21-9-18-35(44-39)28-11-10-24-43-26-28/h1-26H. The minimum Gasteiger partial charge on any atom is -0.309 e. The van der Waals surface area contributed by atoms with E-state index in [4.69, 9.17) is 15.2 Å². The molecule has 10 aromatic rings. The molecule has 0 aliphatic rings. The van der Waals surface area contributed by atoms with E-state index in [2.05, 4.69) is 142 Å². The highest BCUT2D eigenvalue weighted by Gasteiger charge is 2.20. The van der Waals surface area contributed by atoms with Gasteiger partial charge in [0.15, 0.2) is 0 Å². The van der Waals surface area contributed by atoms with Gasteiger partial charge in [0.25, 0.3) is 0 Å². The summed E-state index contributed by atoms with van der Waals surface area (Å²) in [4.78, 5) is 9.37. The van der Waals surface area contributed by atoms with Gasteiger partial charge in [-0.15, -0.1) is 10.2 Å². The summed E-state index contributed by atoms with van der Waals surface area (Å²) in [6, 6.07) is 50.8. The minimum absolute atomic E-state index is 0.861. The van der Waals surface area contributed by atoms with E-state index in [1.54, 1.807) is 17.5 Å². The van der Waals surface area contributed by atoms with Gasteiger partial charge in [-0.3, -0.25) is 9.55 Å². The van der Waals surface area contributed by atoms with Crippen molar-refractivity contribution in [2.45, 2.75) is 0 Å². The molecule has 0 saturated carbocycles. The van der Waals surface area contributed by atoms with Crippen LogP contribution in [0.3, 0.4) is 0 Å². The zero-order valence-electron chi connectivity index (χ0n) is 26.1. The van der Waals surface area contributed by atoms with Crippen LogP contribution in [0.25, 0.3) is 87.5 Å². The number of pyridine rings is 2. The third-order valence-corrected chi connectivity index (χ3v) is 10.2. The van der Waals surface area contributed by atoms with Crippen LogP contribution in [0, 0.1) is 0 Å². The molecule has 0 N–H and O–H groups in total. The number of fused-ring (bicyclic) bond motifs is 6. The van der Waals surface area contributed by atoms with Gasteiger partial charge in [-0.1, -0.05) is 84.1 Å². The number of hydrogen-bond donors (Lipinski definition) is 0. The molecule has 6 nitrogen and oxygen atoms in total. The first-order chi connectivity index (χ1) is 24.3. The second-order valence-electron chi connectivity index (χ2n) is 12.0. The molecule has 0 amide bonds. The highest BCUT2D eigenvalue weighted by Crippen LogP contribution is 2.41. The molecule has 0 saturated heterocycles. The summed E-state index contributed by atoms with van der Waals surface area (Å²) in [7, 11) is 0. The second kappa shape index (κ2) is 11.1. The first-order valence-corrected chi connectivity index (χ1v) is 17.0. The SMILES string of the molecule is c1ccc(-n2c3ccccc3c3cccc(-c4nnc(-c5ccc6c(c5)c5ccccc5n6-c5cccc(-c6cccnc6)n5)s4)c32)cc1. The van der Waals surface area contributed by atoms with Crippen molar-refractivity contribution >= 4 is 54.9 Å². The zero-order valence-corrected chi connectivity index (χ0v) is 26.9. The number of hydrogen-bond acceptors (Lipinski definition) is 5.